The first-order valence-electron chi connectivity index (χ1n) is 7.66. The van der Waals surface area contributed by atoms with Crippen LogP contribution in [0, 0.1) is 0 Å². The van der Waals surface area contributed by atoms with Crippen LogP contribution in [0.25, 0.3) is 0 Å². The summed E-state index contributed by atoms with van der Waals surface area (Å²) >= 11 is 1.69. The lowest BCUT2D eigenvalue weighted by Crippen LogP contribution is -2.34. The topological polar surface area (TPSA) is 32.3 Å². The summed E-state index contributed by atoms with van der Waals surface area (Å²) in [4.78, 5) is 14.1. The monoisotopic (exact) mass is 316 g/mol. The second-order valence-electron chi connectivity index (χ2n) is 5.68. The number of nitrogens with one attached hydrogen (secondary N) is 1. The van der Waals surface area contributed by atoms with Crippen molar-refractivity contribution in [3.05, 3.63) is 58.3 Å². The molecule has 1 N–H and O–H groups in total. The molecular weight excluding hydrogens is 292 g/mol. The molecule has 0 bridgehead atoms. The maximum absolute atomic E-state index is 12.0. The van der Waals surface area contributed by atoms with Crippen molar-refractivity contribution >= 4 is 17.2 Å². The molecule has 0 fully saturated rings. The van der Waals surface area contributed by atoms with Gasteiger partial charge >= 0.3 is 0 Å². The molecule has 1 atom stereocenters. The van der Waals surface area contributed by atoms with E-state index in [9.17, 15) is 4.79 Å². The Morgan fingerprint density at radius 1 is 1.23 bits per heavy atom. The Morgan fingerprint density at radius 2 is 2.00 bits per heavy atom. The average molecular weight is 316 g/mol. The molecule has 4 heteroatoms. The fourth-order valence-electron chi connectivity index (χ4n) is 2.46. The van der Waals surface area contributed by atoms with Gasteiger partial charge in [-0.2, -0.15) is 11.3 Å². The van der Waals surface area contributed by atoms with E-state index in [1.807, 2.05) is 32.3 Å². The van der Waals surface area contributed by atoms with E-state index in [4.69, 9.17) is 0 Å². The minimum Gasteiger partial charge on any atom is -0.354 e. The SMILES string of the molecule is CN(C)C(CNC(=O)CCCc1ccccc1)c1ccsc1. The number of nitrogens with zero attached hydrogens (tertiary/aromatic N) is 1. The third-order valence-electron chi connectivity index (χ3n) is 3.76. The van der Waals surface area contributed by atoms with Crippen LogP contribution in [0.5, 0.6) is 0 Å². The summed E-state index contributed by atoms with van der Waals surface area (Å²) in [6.07, 6.45) is 2.43. The van der Waals surface area contributed by atoms with Crippen LogP contribution in [-0.4, -0.2) is 31.4 Å². The first kappa shape index (κ1) is 16.7. The zero-order chi connectivity index (χ0) is 15.8. The lowest BCUT2D eigenvalue weighted by molar-refractivity contribution is -0.121. The van der Waals surface area contributed by atoms with Gasteiger partial charge in [0.2, 0.25) is 5.91 Å². The number of aryl methyl sites for hydroxylation is 1. The Bertz CT molecular complexity index is 552. The molecule has 0 aliphatic carbocycles. The Morgan fingerprint density at radius 3 is 2.64 bits per heavy atom. The molecule has 1 unspecified atom stereocenters. The molecule has 0 aliphatic rings. The normalized spacial score (nSPS) is 12.3. The van der Waals surface area contributed by atoms with Crippen molar-refractivity contribution in [3.8, 4) is 0 Å². The number of rotatable bonds is 8. The van der Waals surface area contributed by atoms with Crippen molar-refractivity contribution < 1.29 is 4.79 Å². The van der Waals surface area contributed by atoms with Crippen LogP contribution in [0.4, 0.5) is 0 Å². The number of hydrogen-bond acceptors (Lipinski definition) is 3. The molecule has 1 amide bonds. The van der Waals surface area contributed by atoms with Crippen molar-refractivity contribution in [2.75, 3.05) is 20.6 Å². The third kappa shape index (κ3) is 5.28. The highest BCUT2D eigenvalue weighted by Crippen LogP contribution is 2.20. The van der Waals surface area contributed by atoms with Crippen molar-refractivity contribution in [2.45, 2.75) is 25.3 Å². The van der Waals surface area contributed by atoms with Gasteiger partial charge in [0.05, 0.1) is 6.04 Å². The summed E-state index contributed by atoms with van der Waals surface area (Å²) in [7, 11) is 4.09. The van der Waals surface area contributed by atoms with Gasteiger partial charge in [0, 0.05) is 13.0 Å². The maximum Gasteiger partial charge on any atom is 0.220 e. The summed E-state index contributed by atoms with van der Waals surface area (Å²) < 4.78 is 0. The van der Waals surface area contributed by atoms with E-state index >= 15 is 0 Å². The van der Waals surface area contributed by atoms with E-state index in [0.29, 0.717) is 13.0 Å². The predicted octanol–water partition coefficient (Wildman–Crippen LogP) is 3.49. The summed E-state index contributed by atoms with van der Waals surface area (Å²) in [5.74, 6) is 0.137. The van der Waals surface area contributed by atoms with E-state index < -0.39 is 0 Å². The van der Waals surface area contributed by atoms with E-state index in [0.717, 1.165) is 12.8 Å². The van der Waals surface area contributed by atoms with Crippen molar-refractivity contribution in [1.82, 2.24) is 10.2 Å². The van der Waals surface area contributed by atoms with Crippen LogP contribution in [0.1, 0.15) is 30.0 Å². The first-order chi connectivity index (χ1) is 10.7. The number of likely N-dealkylation sites (N-methyl/N-ethyl adjacent to an activating group) is 1. The number of benzene rings is 1. The minimum absolute atomic E-state index is 0.137. The summed E-state index contributed by atoms with van der Waals surface area (Å²) in [5.41, 5.74) is 2.55. The van der Waals surface area contributed by atoms with Crippen molar-refractivity contribution in [1.29, 1.82) is 0 Å². The van der Waals surface area contributed by atoms with Gasteiger partial charge in [-0.15, -0.1) is 0 Å². The highest BCUT2D eigenvalue weighted by molar-refractivity contribution is 7.07. The van der Waals surface area contributed by atoms with Crippen molar-refractivity contribution in [3.63, 3.8) is 0 Å². The number of thiophene rings is 1. The molecule has 3 nitrogen and oxygen atoms in total. The quantitative estimate of drug-likeness (QED) is 0.808. The Hall–Kier alpha value is -1.65. The fraction of sp³-hybridized carbons (Fsp3) is 0.389. The zero-order valence-corrected chi connectivity index (χ0v) is 14.1. The molecule has 0 spiro atoms. The van der Waals surface area contributed by atoms with Crippen LogP contribution in [0.15, 0.2) is 47.2 Å². The zero-order valence-electron chi connectivity index (χ0n) is 13.3. The Balaban J connectivity index is 1.72. The standard InChI is InChI=1S/C18H24N2OS/c1-20(2)17(16-11-12-22-14-16)13-19-18(21)10-6-9-15-7-4-3-5-8-15/h3-5,7-8,11-12,14,17H,6,9-10,13H2,1-2H3,(H,19,21). The van der Waals surface area contributed by atoms with Crippen LogP contribution in [0.2, 0.25) is 0 Å². The number of amides is 1. The molecule has 0 saturated heterocycles. The smallest absolute Gasteiger partial charge is 0.220 e. The van der Waals surface area contributed by atoms with Crippen LogP contribution >= 0.6 is 11.3 Å². The third-order valence-corrected chi connectivity index (χ3v) is 4.46. The molecule has 22 heavy (non-hydrogen) atoms. The van der Waals surface area contributed by atoms with E-state index in [-0.39, 0.29) is 11.9 Å². The number of carbonyl (C=O) groups excluding carboxylic acids is 1. The van der Waals surface area contributed by atoms with Crippen LogP contribution in [-0.2, 0) is 11.2 Å². The van der Waals surface area contributed by atoms with Gasteiger partial charge in [0.1, 0.15) is 0 Å². The van der Waals surface area contributed by atoms with Gasteiger partial charge in [-0.1, -0.05) is 30.3 Å². The molecule has 2 aromatic rings. The lowest BCUT2D eigenvalue weighted by Gasteiger charge is -2.24. The van der Waals surface area contributed by atoms with Crippen LogP contribution in [0.3, 0.4) is 0 Å². The fourth-order valence-corrected chi connectivity index (χ4v) is 3.17. The second-order valence-corrected chi connectivity index (χ2v) is 6.46. The Labute approximate surface area is 137 Å². The van der Waals surface area contributed by atoms with Gasteiger partial charge in [0.15, 0.2) is 0 Å². The second kappa shape index (κ2) is 8.71. The molecule has 0 saturated carbocycles. The van der Waals surface area contributed by atoms with Gasteiger partial charge < -0.3 is 10.2 Å². The number of hydrogen-bond donors (Lipinski definition) is 1. The maximum atomic E-state index is 12.0. The molecule has 2 rings (SSSR count). The lowest BCUT2D eigenvalue weighted by atomic mass is 10.1. The van der Waals surface area contributed by atoms with Gasteiger partial charge in [-0.05, 0) is 54.9 Å². The largest absolute Gasteiger partial charge is 0.354 e. The first-order valence-corrected chi connectivity index (χ1v) is 8.60. The molecule has 118 valence electrons. The molecular formula is C18H24N2OS. The molecule has 0 aliphatic heterocycles. The summed E-state index contributed by atoms with van der Waals surface area (Å²) in [6.45, 7) is 0.661. The summed E-state index contributed by atoms with van der Waals surface area (Å²) in [5, 5.41) is 7.28. The highest BCUT2D eigenvalue weighted by atomic mass is 32.1. The molecule has 0 radical (unpaired) electrons. The number of carbonyl (C=O) groups is 1. The average Bonchev–Trinajstić information content (AvgIpc) is 3.02. The van der Waals surface area contributed by atoms with Gasteiger partial charge in [0.25, 0.3) is 0 Å². The van der Waals surface area contributed by atoms with E-state index in [2.05, 4.69) is 39.2 Å². The summed E-state index contributed by atoms with van der Waals surface area (Å²) in [6, 6.07) is 12.7. The van der Waals surface area contributed by atoms with E-state index in [1.165, 1.54) is 11.1 Å². The van der Waals surface area contributed by atoms with E-state index in [1.54, 1.807) is 11.3 Å². The van der Waals surface area contributed by atoms with Gasteiger partial charge in [-0.3, -0.25) is 4.79 Å². The Kier molecular flexibility index (Phi) is 6.62. The highest BCUT2D eigenvalue weighted by Gasteiger charge is 2.15. The van der Waals surface area contributed by atoms with Crippen LogP contribution < -0.4 is 5.32 Å². The molecule has 1 aromatic carbocycles. The van der Waals surface area contributed by atoms with Gasteiger partial charge in [-0.25, -0.2) is 0 Å². The molecule has 1 heterocycles. The predicted molar refractivity (Wildman–Crippen MR) is 93.1 cm³/mol. The molecule has 1 aromatic heterocycles. The van der Waals surface area contributed by atoms with Crippen molar-refractivity contribution in [2.24, 2.45) is 0 Å². The minimum atomic E-state index is 0.137.